The van der Waals surface area contributed by atoms with Gasteiger partial charge in [-0.3, -0.25) is 0 Å². The Morgan fingerprint density at radius 3 is 2.37 bits per heavy atom. The second-order valence-corrected chi connectivity index (χ2v) is 6.76. The molecule has 1 aliphatic rings. The molecule has 104 valence electrons. The van der Waals surface area contributed by atoms with Crippen LogP contribution in [0.25, 0.3) is 0 Å². The summed E-state index contributed by atoms with van der Waals surface area (Å²) in [6.07, 6.45) is 2.73. The zero-order valence-corrected chi connectivity index (χ0v) is 11.7. The molecule has 1 fully saturated rings. The molecule has 0 amide bonds. The van der Waals surface area contributed by atoms with Crippen molar-refractivity contribution >= 4 is 27.6 Å². The van der Waals surface area contributed by atoms with Crippen molar-refractivity contribution < 1.29 is 18.3 Å². The molecule has 0 saturated carbocycles. The number of rotatable bonds is 3. The third kappa shape index (κ3) is 2.91. The smallest absolute Gasteiger partial charge is 0.337 e. The SMILES string of the molecule is O=C(O)c1ccc(S(=O)(=O)N2CCCCC2)cc1Cl. The predicted octanol–water partition coefficient (Wildman–Crippen LogP) is 2.21. The van der Waals surface area contributed by atoms with Gasteiger partial charge in [0.2, 0.25) is 10.0 Å². The molecule has 1 aromatic rings. The second kappa shape index (κ2) is 5.48. The van der Waals surface area contributed by atoms with Crippen molar-refractivity contribution in [1.29, 1.82) is 0 Å². The van der Waals surface area contributed by atoms with E-state index in [1.165, 1.54) is 22.5 Å². The molecule has 1 N–H and O–H groups in total. The first-order valence-corrected chi connectivity index (χ1v) is 7.78. The number of hydrogen-bond acceptors (Lipinski definition) is 3. The van der Waals surface area contributed by atoms with E-state index in [2.05, 4.69) is 0 Å². The predicted molar refractivity (Wildman–Crippen MR) is 71.0 cm³/mol. The quantitative estimate of drug-likeness (QED) is 0.929. The maximum absolute atomic E-state index is 12.3. The number of aromatic carboxylic acids is 1. The first-order chi connectivity index (χ1) is 8.93. The normalized spacial score (nSPS) is 17.3. The highest BCUT2D eigenvalue weighted by Crippen LogP contribution is 2.25. The van der Waals surface area contributed by atoms with E-state index >= 15 is 0 Å². The molecule has 1 aliphatic heterocycles. The van der Waals surface area contributed by atoms with Crippen LogP contribution in [-0.2, 0) is 10.0 Å². The van der Waals surface area contributed by atoms with Crippen molar-refractivity contribution in [3.05, 3.63) is 28.8 Å². The molecule has 2 rings (SSSR count). The highest BCUT2D eigenvalue weighted by Gasteiger charge is 2.26. The summed E-state index contributed by atoms with van der Waals surface area (Å²) in [5.74, 6) is -1.17. The average Bonchev–Trinajstić information content (AvgIpc) is 2.39. The Balaban J connectivity index is 2.35. The molecule has 0 spiro atoms. The summed E-state index contributed by atoms with van der Waals surface area (Å²) >= 11 is 5.81. The molecular weight excluding hydrogens is 290 g/mol. The lowest BCUT2D eigenvalue weighted by molar-refractivity contribution is 0.0697. The molecule has 1 saturated heterocycles. The Hall–Kier alpha value is -1.11. The highest BCUT2D eigenvalue weighted by molar-refractivity contribution is 7.89. The topological polar surface area (TPSA) is 74.7 Å². The van der Waals surface area contributed by atoms with Gasteiger partial charge in [0.15, 0.2) is 0 Å². The van der Waals surface area contributed by atoms with Crippen LogP contribution in [0.2, 0.25) is 5.02 Å². The highest BCUT2D eigenvalue weighted by atomic mass is 35.5. The Labute approximate surface area is 116 Å². The van der Waals surface area contributed by atoms with Gasteiger partial charge in [-0.05, 0) is 31.0 Å². The van der Waals surface area contributed by atoms with Gasteiger partial charge in [-0.1, -0.05) is 18.0 Å². The summed E-state index contributed by atoms with van der Waals surface area (Å²) in [4.78, 5) is 10.9. The van der Waals surface area contributed by atoms with E-state index in [0.29, 0.717) is 13.1 Å². The largest absolute Gasteiger partial charge is 0.478 e. The fraction of sp³-hybridized carbons (Fsp3) is 0.417. The molecule has 0 bridgehead atoms. The summed E-state index contributed by atoms with van der Waals surface area (Å²) in [5.41, 5.74) is -0.0979. The number of hydrogen-bond donors (Lipinski definition) is 1. The lowest BCUT2D eigenvalue weighted by Crippen LogP contribution is -2.35. The van der Waals surface area contributed by atoms with Gasteiger partial charge >= 0.3 is 5.97 Å². The minimum absolute atomic E-state index is 0.0457. The second-order valence-electron chi connectivity index (χ2n) is 4.41. The molecule has 5 nitrogen and oxygen atoms in total. The van der Waals surface area contributed by atoms with Gasteiger partial charge in [-0.25, -0.2) is 13.2 Å². The van der Waals surface area contributed by atoms with Crippen LogP contribution in [0.1, 0.15) is 29.6 Å². The number of piperidine rings is 1. The summed E-state index contributed by atoms with van der Waals surface area (Å²) in [6, 6.07) is 3.72. The zero-order chi connectivity index (χ0) is 14.0. The number of benzene rings is 1. The first kappa shape index (κ1) is 14.3. The van der Waals surface area contributed by atoms with Crippen LogP contribution in [0.15, 0.2) is 23.1 Å². The molecule has 1 aromatic carbocycles. The Bertz CT molecular complexity index is 594. The monoisotopic (exact) mass is 303 g/mol. The van der Waals surface area contributed by atoms with E-state index in [1.54, 1.807) is 0 Å². The van der Waals surface area contributed by atoms with E-state index in [0.717, 1.165) is 19.3 Å². The number of carboxylic acid groups (broad SMARTS) is 1. The summed E-state index contributed by atoms with van der Waals surface area (Å²) in [7, 11) is -3.57. The van der Waals surface area contributed by atoms with Crippen LogP contribution < -0.4 is 0 Å². The van der Waals surface area contributed by atoms with Gasteiger partial charge in [0.1, 0.15) is 0 Å². The fourth-order valence-electron chi connectivity index (χ4n) is 2.08. The van der Waals surface area contributed by atoms with Crippen LogP contribution in [0.4, 0.5) is 0 Å². The number of sulfonamides is 1. The number of halogens is 1. The third-order valence-electron chi connectivity index (χ3n) is 3.12. The van der Waals surface area contributed by atoms with Gasteiger partial charge in [-0.2, -0.15) is 4.31 Å². The van der Waals surface area contributed by atoms with Crippen LogP contribution in [0.3, 0.4) is 0 Å². The molecule has 0 aliphatic carbocycles. The number of carboxylic acids is 1. The molecule has 0 unspecified atom stereocenters. The molecule has 7 heteroatoms. The van der Waals surface area contributed by atoms with E-state index in [9.17, 15) is 13.2 Å². The van der Waals surface area contributed by atoms with Crippen molar-refractivity contribution in [3.8, 4) is 0 Å². The Morgan fingerprint density at radius 1 is 1.21 bits per heavy atom. The first-order valence-electron chi connectivity index (χ1n) is 5.96. The summed E-state index contributed by atoms with van der Waals surface area (Å²) in [6.45, 7) is 1.00. The lowest BCUT2D eigenvalue weighted by Gasteiger charge is -2.25. The van der Waals surface area contributed by atoms with Crippen LogP contribution in [-0.4, -0.2) is 36.9 Å². The molecule has 1 heterocycles. The van der Waals surface area contributed by atoms with Crippen LogP contribution in [0, 0.1) is 0 Å². The lowest BCUT2D eigenvalue weighted by atomic mass is 10.2. The Morgan fingerprint density at radius 2 is 1.84 bits per heavy atom. The molecule has 0 aromatic heterocycles. The van der Waals surface area contributed by atoms with E-state index in [4.69, 9.17) is 16.7 Å². The minimum atomic E-state index is -3.57. The van der Waals surface area contributed by atoms with Crippen LogP contribution in [0.5, 0.6) is 0 Å². The molecule has 0 radical (unpaired) electrons. The summed E-state index contributed by atoms with van der Waals surface area (Å²) < 4.78 is 26.1. The van der Waals surface area contributed by atoms with Crippen molar-refractivity contribution in [2.24, 2.45) is 0 Å². The minimum Gasteiger partial charge on any atom is -0.478 e. The van der Waals surface area contributed by atoms with Gasteiger partial charge in [0.05, 0.1) is 15.5 Å². The van der Waals surface area contributed by atoms with Gasteiger partial charge in [-0.15, -0.1) is 0 Å². The average molecular weight is 304 g/mol. The summed E-state index contributed by atoms with van der Waals surface area (Å²) in [5, 5.41) is 8.80. The molecular formula is C12H14ClNO4S. The Kier molecular flexibility index (Phi) is 4.13. The van der Waals surface area contributed by atoms with E-state index in [-0.39, 0.29) is 15.5 Å². The zero-order valence-electron chi connectivity index (χ0n) is 10.2. The van der Waals surface area contributed by atoms with Crippen molar-refractivity contribution in [3.63, 3.8) is 0 Å². The maximum Gasteiger partial charge on any atom is 0.337 e. The van der Waals surface area contributed by atoms with Crippen LogP contribution >= 0.6 is 11.6 Å². The van der Waals surface area contributed by atoms with E-state index < -0.39 is 16.0 Å². The van der Waals surface area contributed by atoms with E-state index in [1.807, 2.05) is 0 Å². The molecule has 19 heavy (non-hydrogen) atoms. The van der Waals surface area contributed by atoms with Crippen molar-refractivity contribution in [1.82, 2.24) is 4.31 Å². The molecule has 0 atom stereocenters. The van der Waals surface area contributed by atoms with Gasteiger partial charge in [0, 0.05) is 13.1 Å². The standard InChI is InChI=1S/C12H14ClNO4S/c13-11-8-9(4-5-10(11)12(15)16)19(17,18)14-6-2-1-3-7-14/h4-5,8H,1-3,6-7H2,(H,15,16). The maximum atomic E-state index is 12.3. The number of carbonyl (C=O) groups is 1. The van der Waals surface area contributed by atoms with Gasteiger partial charge < -0.3 is 5.11 Å². The van der Waals surface area contributed by atoms with Crippen molar-refractivity contribution in [2.75, 3.05) is 13.1 Å². The van der Waals surface area contributed by atoms with Crippen molar-refractivity contribution in [2.45, 2.75) is 24.2 Å². The van der Waals surface area contributed by atoms with Gasteiger partial charge in [0.25, 0.3) is 0 Å². The fourth-order valence-corrected chi connectivity index (χ4v) is 3.95. The number of nitrogens with zero attached hydrogens (tertiary/aromatic N) is 1. The third-order valence-corrected chi connectivity index (χ3v) is 5.33.